The van der Waals surface area contributed by atoms with Gasteiger partial charge in [0.05, 0.1) is 44.1 Å². The van der Waals surface area contributed by atoms with E-state index in [0.29, 0.717) is 0 Å². The summed E-state index contributed by atoms with van der Waals surface area (Å²) in [6, 6.07) is -5.04. The number of carboxylic acids is 1. The minimum atomic E-state index is -5.69. The summed E-state index contributed by atoms with van der Waals surface area (Å²) in [5.41, 5.74) is 18.2. The Labute approximate surface area is 417 Å². The summed E-state index contributed by atoms with van der Waals surface area (Å²) in [6.45, 7) is -2.44. The number of hydrogen-bond acceptors (Lipinski definition) is 34. The summed E-state index contributed by atoms with van der Waals surface area (Å²) >= 11 is 0. The van der Waals surface area contributed by atoms with Crippen molar-refractivity contribution in [2.45, 2.75) is 154 Å². The third-order valence-electron chi connectivity index (χ3n) is 11.7. The Morgan fingerprint density at radius 1 is 0.500 bits per heavy atom. The van der Waals surface area contributed by atoms with Crippen molar-refractivity contribution in [1.29, 1.82) is 0 Å². The second-order valence-corrected chi connectivity index (χ2v) is 21.0. The molecule has 0 aliphatic carbocycles. The van der Waals surface area contributed by atoms with Crippen LogP contribution in [0.4, 0.5) is 0 Å². The average Bonchev–Trinajstić information content (AvgIpc) is 3.29. The predicted molar refractivity (Wildman–Crippen MR) is 221 cm³/mol. The fraction of sp³-hybridized carbons (Fsp3) is 0.968. The molecule has 0 aromatic rings. The molecule has 5 saturated heterocycles. The van der Waals surface area contributed by atoms with Crippen LogP contribution in [-0.4, -0.2) is 268 Å². The van der Waals surface area contributed by atoms with E-state index >= 15 is 0 Å². The highest BCUT2D eigenvalue weighted by molar-refractivity contribution is 7.81. The molecule has 432 valence electrons. The van der Waals surface area contributed by atoms with Crippen LogP contribution in [0.5, 0.6) is 0 Å². The zero-order chi connectivity index (χ0) is 55.7. The first-order chi connectivity index (χ1) is 34.1. The number of nitrogens with two attached hydrogens (primary N) is 3. The van der Waals surface area contributed by atoms with E-state index < -0.39 is 221 Å². The molecular formula is C31H54N4O35S4. The van der Waals surface area contributed by atoms with Crippen LogP contribution in [0.15, 0.2) is 5.18 Å². The number of aliphatic hydroxyl groups is 6. The van der Waals surface area contributed by atoms with Gasteiger partial charge in [-0.3, -0.25) is 18.2 Å². The normalized spacial score (nSPS) is 43.9. The van der Waals surface area contributed by atoms with Crippen LogP contribution >= 0.6 is 0 Å². The van der Waals surface area contributed by atoms with Gasteiger partial charge in [-0.1, -0.05) is 6.92 Å². The number of rotatable bonds is 22. The molecule has 17 N–H and O–H groups in total. The van der Waals surface area contributed by atoms with E-state index in [1.54, 1.807) is 0 Å². The topological polar surface area (TPSA) is 613 Å². The molecule has 0 saturated carbocycles. The van der Waals surface area contributed by atoms with Crippen LogP contribution < -0.4 is 17.2 Å². The first kappa shape index (κ1) is 62.6. The van der Waals surface area contributed by atoms with Crippen LogP contribution in [0.2, 0.25) is 0 Å². The molecule has 43 heteroatoms. The van der Waals surface area contributed by atoms with Crippen molar-refractivity contribution >= 4 is 47.6 Å². The smallest absolute Gasteiger partial charge is 0.397 e. The van der Waals surface area contributed by atoms with E-state index in [1.807, 2.05) is 0 Å². The lowest BCUT2D eigenvalue weighted by molar-refractivity contribution is -0.371. The fourth-order valence-corrected chi connectivity index (χ4v) is 9.46. The van der Waals surface area contributed by atoms with Gasteiger partial charge in [0.1, 0.15) is 73.2 Å². The minimum Gasteiger partial charge on any atom is -0.479 e. The molecule has 10 unspecified atom stereocenters. The van der Waals surface area contributed by atoms with Crippen molar-refractivity contribution in [2.24, 2.45) is 28.3 Å². The Morgan fingerprint density at radius 2 is 0.959 bits per heavy atom. The fourth-order valence-electron chi connectivity index (χ4n) is 8.05. The number of nitrogens with zero attached hydrogens (tertiary/aromatic N) is 1. The highest BCUT2D eigenvalue weighted by Crippen LogP contribution is 2.38. The third-order valence-corrected chi connectivity index (χ3v) is 13.5. The third kappa shape index (κ3) is 15.8. The van der Waals surface area contributed by atoms with E-state index in [9.17, 15) is 88.2 Å². The molecular weight excluding hydrogens is 1120 g/mol. The van der Waals surface area contributed by atoms with Crippen LogP contribution in [0.3, 0.4) is 0 Å². The summed E-state index contributed by atoms with van der Waals surface area (Å²) < 4.78 is 202. The molecule has 0 bridgehead atoms. The Morgan fingerprint density at radius 3 is 1.47 bits per heavy atom. The maximum absolute atomic E-state index is 12.5. The number of ether oxygens (including phenoxy) is 10. The molecule has 0 spiro atoms. The van der Waals surface area contributed by atoms with Gasteiger partial charge in [0.25, 0.3) is 0 Å². The van der Waals surface area contributed by atoms with E-state index in [-0.39, 0.29) is 0 Å². The Balaban J connectivity index is 1.38. The van der Waals surface area contributed by atoms with Gasteiger partial charge in [0.2, 0.25) is 6.23 Å². The Hall–Kier alpha value is -2.21. The van der Waals surface area contributed by atoms with Crippen LogP contribution in [0.25, 0.3) is 0 Å². The van der Waals surface area contributed by atoms with Crippen molar-refractivity contribution in [3.63, 3.8) is 0 Å². The molecule has 25 atom stereocenters. The highest BCUT2D eigenvalue weighted by atomic mass is 32.3. The van der Waals surface area contributed by atoms with E-state index in [4.69, 9.17) is 73.7 Å². The maximum atomic E-state index is 12.5. The number of nitroso groups, excluding NO2 is 1. The lowest BCUT2D eigenvalue weighted by Gasteiger charge is -2.49. The van der Waals surface area contributed by atoms with E-state index in [2.05, 4.69) is 21.9 Å². The second kappa shape index (κ2) is 24.9. The summed E-state index contributed by atoms with van der Waals surface area (Å²) in [5.74, 6) is -3.35. The quantitative estimate of drug-likeness (QED) is 0.0354. The van der Waals surface area contributed by atoms with Crippen molar-refractivity contribution in [3.8, 4) is 0 Å². The number of aliphatic carboxylic acids is 1. The summed E-state index contributed by atoms with van der Waals surface area (Å²) in [4.78, 5) is 24.8. The summed E-state index contributed by atoms with van der Waals surface area (Å²) in [5, 5.41) is 78.5. The van der Waals surface area contributed by atoms with Gasteiger partial charge in [-0.25, -0.2) is 21.5 Å². The SMILES string of the molecule is CO[C@H]1OC(COS(=O)(=O)O)[C@@H](O[C@@H]2O[C@@H](N=O)[C@@H](O[C@H]3OC(COS(=O)(=O)O)[C@@H](O[C@@H]4OC(C(=O)O)[C@@H](O[C@H]5OC(COS(=O)(=O)O)[C@@H](O)[C@H](O)C5N)[C@H](O)C4O)[C@H](C)C3N)C(O)C2OS(=O)(=O)O)[C@H](O)C1N. The van der Waals surface area contributed by atoms with Crippen LogP contribution in [0.1, 0.15) is 6.92 Å². The second-order valence-electron chi connectivity index (χ2n) is 16.7. The maximum Gasteiger partial charge on any atom is 0.397 e. The summed E-state index contributed by atoms with van der Waals surface area (Å²) in [7, 11) is -20.4. The molecule has 0 radical (unpaired) electrons. The number of carbonyl (C=O) groups is 1. The predicted octanol–water partition coefficient (Wildman–Crippen LogP) is -9.96. The van der Waals surface area contributed by atoms with Crippen molar-refractivity contribution < 1.29 is 157 Å². The summed E-state index contributed by atoms with van der Waals surface area (Å²) in [6.07, 6.45) is -45.3. The lowest BCUT2D eigenvalue weighted by atomic mass is 9.88. The van der Waals surface area contributed by atoms with Crippen LogP contribution in [0, 0.1) is 10.8 Å². The average molecular weight is 1170 g/mol. The van der Waals surface area contributed by atoms with Gasteiger partial charge in [-0.05, 0) is 5.18 Å². The number of carboxylic acid groups (broad SMARTS) is 1. The number of hydrogen-bond donors (Lipinski definition) is 14. The standard InChI is InChI=1S/C31H54N4O35S4/c1-6-10(32)28(67-22-18(41)23(70-74(54,55)56)31(69-25(22)35-44)65-20-9(5-60-73(51,52)53)62-27(57-2)12(34)15(20)38)63-8(4-59-72(48,49)50)19(6)64-30-17(40)16(39)21(24(68-30)26(42)43)66-29-11(33)14(37)13(36)7(61-29)3-58-71(45,46)47/h6-25,27-31,36-41H,3-5,32-34H2,1-2H3,(H,42,43)(H,45,46,47)(H,48,49,50)(H,51,52,53)(H,54,55,56)/t6-,7?,8?,9?,10?,11?,12?,13-,14-,15-,16-,17?,18?,19+,20-,21+,22+,23?,24?,25-,27+,28-,29-,30-,31-/m1/s1. The zero-order valence-corrected chi connectivity index (χ0v) is 40.9. The van der Waals surface area contributed by atoms with Gasteiger partial charge >= 0.3 is 47.6 Å². The molecule has 5 aliphatic heterocycles. The van der Waals surface area contributed by atoms with Crippen molar-refractivity contribution in [1.82, 2.24) is 0 Å². The molecule has 74 heavy (non-hydrogen) atoms. The highest BCUT2D eigenvalue weighted by Gasteiger charge is 2.58. The Bertz CT molecular complexity index is 2360. The minimum absolute atomic E-state index is 1.05. The Kier molecular flexibility index (Phi) is 21.0. The monoisotopic (exact) mass is 1170 g/mol. The largest absolute Gasteiger partial charge is 0.479 e. The van der Waals surface area contributed by atoms with Crippen molar-refractivity contribution in [2.75, 3.05) is 26.9 Å². The molecule has 0 amide bonds. The van der Waals surface area contributed by atoms with Gasteiger partial charge < -0.3 is 100 Å². The molecule has 0 aromatic heterocycles. The van der Waals surface area contributed by atoms with Gasteiger partial charge in [-0.15, -0.1) is 4.91 Å². The van der Waals surface area contributed by atoms with Crippen molar-refractivity contribution in [3.05, 3.63) is 4.91 Å². The molecule has 5 fully saturated rings. The molecule has 5 heterocycles. The molecule has 0 aromatic carbocycles. The van der Waals surface area contributed by atoms with Crippen LogP contribution in [-0.2, 0) is 110 Å². The first-order valence-corrected chi connectivity index (χ1v) is 26.4. The van der Waals surface area contributed by atoms with E-state index in [0.717, 1.165) is 7.11 Å². The van der Waals surface area contributed by atoms with Gasteiger partial charge in [-0.2, -0.15) is 33.7 Å². The lowest BCUT2D eigenvalue weighted by Crippen LogP contribution is -2.68. The molecule has 5 aliphatic rings. The van der Waals surface area contributed by atoms with Gasteiger partial charge in [0.15, 0.2) is 43.7 Å². The zero-order valence-electron chi connectivity index (χ0n) is 37.6. The molecule has 5 rings (SSSR count). The number of methoxy groups -OCH3 is 1. The van der Waals surface area contributed by atoms with E-state index in [1.165, 1.54) is 6.92 Å². The molecule has 39 nitrogen and oxygen atoms in total. The first-order valence-electron chi connectivity index (χ1n) is 20.9. The number of aliphatic hydroxyl groups excluding tert-OH is 6. The van der Waals surface area contributed by atoms with Gasteiger partial charge in [0, 0.05) is 13.0 Å².